The molecule has 1 aliphatic heterocycles. The van der Waals surface area contributed by atoms with Crippen LogP contribution in [0.1, 0.15) is 40.0 Å². The van der Waals surface area contributed by atoms with Crippen LogP contribution < -0.4 is 4.90 Å². The minimum atomic E-state index is -5.64. The van der Waals surface area contributed by atoms with Gasteiger partial charge in [-0.1, -0.05) is 20.8 Å². The molecule has 1 aromatic carbocycles. The number of nitro groups is 1. The molecule has 1 heterocycles. The van der Waals surface area contributed by atoms with Crippen LogP contribution in [-0.2, 0) is 9.84 Å². The van der Waals surface area contributed by atoms with Crippen molar-refractivity contribution in [3.8, 4) is 0 Å². The van der Waals surface area contributed by atoms with Gasteiger partial charge in [0, 0.05) is 18.7 Å². The van der Waals surface area contributed by atoms with E-state index in [0.717, 1.165) is 31.4 Å². The molecule has 1 aliphatic carbocycles. The van der Waals surface area contributed by atoms with Crippen LogP contribution in [0.25, 0.3) is 0 Å². The molecule has 0 unspecified atom stereocenters. The summed E-state index contributed by atoms with van der Waals surface area (Å²) >= 11 is 0. The van der Waals surface area contributed by atoms with Crippen LogP contribution in [0.15, 0.2) is 23.1 Å². The van der Waals surface area contributed by atoms with Gasteiger partial charge in [-0.05, 0) is 42.2 Å². The average molecular weight is 406 g/mol. The summed E-state index contributed by atoms with van der Waals surface area (Å²) in [4.78, 5) is 11.4. The van der Waals surface area contributed by atoms with Crippen molar-refractivity contribution in [3.05, 3.63) is 28.3 Å². The summed E-state index contributed by atoms with van der Waals surface area (Å²) < 4.78 is 61.6. The van der Waals surface area contributed by atoms with E-state index in [1.807, 2.05) is 4.90 Å². The molecule has 10 heteroatoms. The van der Waals surface area contributed by atoms with E-state index in [1.54, 1.807) is 0 Å². The molecule has 0 spiro atoms. The van der Waals surface area contributed by atoms with Gasteiger partial charge in [-0.15, -0.1) is 0 Å². The average Bonchev–Trinajstić information content (AvgIpc) is 2.74. The summed E-state index contributed by atoms with van der Waals surface area (Å²) in [7, 11) is -5.64. The number of benzene rings is 1. The SMILES string of the molecule is CC1(C)C[C@H]2C[C@](C)(CN2c2ccc(S(=O)(=O)C(F)(F)F)cc2[N+](=O)[O-])C1. The first kappa shape index (κ1) is 19.9. The lowest BCUT2D eigenvalue weighted by molar-refractivity contribution is -0.384. The number of hydrogen-bond acceptors (Lipinski definition) is 5. The zero-order valence-corrected chi connectivity index (χ0v) is 16.0. The molecule has 2 bridgehead atoms. The molecule has 6 nitrogen and oxygen atoms in total. The van der Waals surface area contributed by atoms with Crippen molar-refractivity contribution in [1.29, 1.82) is 0 Å². The molecule has 2 aliphatic rings. The fraction of sp³-hybridized carbons (Fsp3) is 0.647. The smallest absolute Gasteiger partial charge is 0.362 e. The minimum absolute atomic E-state index is 0.0301. The second kappa shape index (κ2) is 5.83. The predicted molar refractivity (Wildman–Crippen MR) is 93.2 cm³/mol. The number of anilines is 1. The van der Waals surface area contributed by atoms with Crippen LogP contribution in [0.4, 0.5) is 24.5 Å². The molecular weight excluding hydrogens is 385 g/mol. The standard InChI is InChI=1S/C17H21F3N2O4S/c1-15(2)7-11-8-16(3,9-15)10-21(11)13-5-4-12(6-14(13)22(23)24)27(25,26)17(18,19)20/h4-6,11H,7-10H2,1-3H3/t11-,16-/m0/s1. The molecule has 1 aromatic rings. The third kappa shape index (κ3) is 3.39. The Morgan fingerprint density at radius 3 is 2.41 bits per heavy atom. The van der Waals surface area contributed by atoms with Gasteiger partial charge in [-0.2, -0.15) is 13.2 Å². The normalized spacial score (nSPS) is 27.6. The number of alkyl halides is 3. The van der Waals surface area contributed by atoms with Crippen LogP contribution in [0.2, 0.25) is 0 Å². The van der Waals surface area contributed by atoms with Crippen molar-refractivity contribution < 1.29 is 26.5 Å². The van der Waals surface area contributed by atoms with E-state index in [4.69, 9.17) is 0 Å². The molecule has 1 saturated carbocycles. The summed E-state index contributed by atoms with van der Waals surface area (Å²) in [5.74, 6) is 0. The zero-order valence-electron chi connectivity index (χ0n) is 15.2. The van der Waals surface area contributed by atoms with Crippen molar-refractivity contribution in [2.75, 3.05) is 11.4 Å². The lowest BCUT2D eigenvalue weighted by atomic mass is 9.65. The largest absolute Gasteiger partial charge is 0.501 e. The summed E-state index contributed by atoms with van der Waals surface area (Å²) in [5, 5.41) is 11.5. The number of nitro benzene ring substituents is 1. The van der Waals surface area contributed by atoms with Gasteiger partial charge in [-0.3, -0.25) is 10.1 Å². The Kier molecular flexibility index (Phi) is 4.30. The first-order chi connectivity index (χ1) is 12.2. The second-order valence-electron chi connectivity index (χ2n) is 8.70. The molecule has 0 amide bonds. The Morgan fingerprint density at radius 1 is 1.22 bits per heavy atom. The number of fused-ring (bicyclic) bond motifs is 2. The van der Waals surface area contributed by atoms with Gasteiger partial charge in [0.1, 0.15) is 5.69 Å². The predicted octanol–water partition coefficient (Wildman–Crippen LogP) is 4.29. The summed E-state index contributed by atoms with van der Waals surface area (Å²) in [6, 6.07) is 2.49. The lowest BCUT2D eigenvalue weighted by Gasteiger charge is -2.39. The minimum Gasteiger partial charge on any atom is -0.362 e. The van der Waals surface area contributed by atoms with E-state index in [1.165, 1.54) is 0 Å². The van der Waals surface area contributed by atoms with Crippen LogP contribution in [0.3, 0.4) is 0 Å². The van der Waals surface area contributed by atoms with Crippen molar-refractivity contribution in [2.45, 2.75) is 56.5 Å². The van der Waals surface area contributed by atoms with Crippen molar-refractivity contribution >= 4 is 21.2 Å². The molecule has 0 aromatic heterocycles. The van der Waals surface area contributed by atoms with E-state index in [2.05, 4.69) is 20.8 Å². The van der Waals surface area contributed by atoms with Gasteiger partial charge in [-0.25, -0.2) is 8.42 Å². The summed E-state index contributed by atoms with van der Waals surface area (Å²) in [5.41, 5.74) is -5.94. The number of rotatable bonds is 3. The van der Waals surface area contributed by atoms with Crippen LogP contribution in [-0.4, -0.2) is 31.4 Å². The lowest BCUT2D eigenvalue weighted by Crippen LogP contribution is -2.35. The van der Waals surface area contributed by atoms with Crippen LogP contribution >= 0.6 is 0 Å². The maximum absolute atomic E-state index is 12.8. The van der Waals surface area contributed by atoms with E-state index in [0.29, 0.717) is 12.6 Å². The Balaban J connectivity index is 2.07. The molecule has 3 rings (SSSR count). The second-order valence-corrected chi connectivity index (χ2v) is 10.6. The van der Waals surface area contributed by atoms with E-state index >= 15 is 0 Å². The number of hydrogen-bond donors (Lipinski definition) is 0. The third-order valence-corrected chi connectivity index (χ3v) is 6.97. The Hall–Kier alpha value is -1.84. The van der Waals surface area contributed by atoms with E-state index in [-0.39, 0.29) is 22.6 Å². The number of nitrogens with zero attached hydrogens (tertiary/aromatic N) is 2. The summed E-state index contributed by atoms with van der Waals surface area (Å²) in [6.07, 6.45) is 2.60. The van der Waals surface area contributed by atoms with Gasteiger partial charge in [0.15, 0.2) is 0 Å². The van der Waals surface area contributed by atoms with Crippen LogP contribution in [0, 0.1) is 20.9 Å². The first-order valence-electron chi connectivity index (χ1n) is 8.52. The summed E-state index contributed by atoms with van der Waals surface area (Å²) in [6.45, 7) is 6.92. The molecule has 2 fully saturated rings. The third-order valence-electron chi connectivity index (χ3n) is 5.48. The Labute approximate surface area is 155 Å². The molecule has 2 atom stereocenters. The maximum atomic E-state index is 12.8. The highest BCUT2D eigenvalue weighted by molar-refractivity contribution is 7.92. The van der Waals surface area contributed by atoms with Crippen molar-refractivity contribution in [3.63, 3.8) is 0 Å². The molecule has 1 saturated heterocycles. The highest BCUT2D eigenvalue weighted by Crippen LogP contribution is 2.54. The quantitative estimate of drug-likeness (QED) is 0.552. The topological polar surface area (TPSA) is 80.5 Å². The Morgan fingerprint density at radius 2 is 1.85 bits per heavy atom. The fourth-order valence-corrected chi connectivity index (χ4v) is 5.72. The maximum Gasteiger partial charge on any atom is 0.501 e. The molecular formula is C17H21F3N2O4S. The van der Waals surface area contributed by atoms with Crippen LogP contribution in [0.5, 0.6) is 0 Å². The molecule has 0 radical (unpaired) electrons. The van der Waals surface area contributed by atoms with Gasteiger partial charge >= 0.3 is 5.51 Å². The van der Waals surface area contributed by atoms with E-state index < -0.39 is 30.9 Å². The highest BCUT2D eigenvalue weighted by atomic mass is 32.2. The molecule has 0 N–H and O–H groups in total. The molecule has 27 heavy (non-hydrogen) atoms. The Bertz CT molecular complexity index is 898. The number of halogens is 3. The van der Waals surface area contributed by atoms with Gasteiger partial charge in [0.05, 0.1) is 9.82 Å². The first-order valence-corrected chi connectivity index (χ1v) is 10.0. The highest BCUT2D eigenvalue weighted by Gasteiger charge is 2.51. The van der Waals surface area contributed by atoms with Gasteiger partial charge < -0.3 is 4.90 Å². The molecule has 150 valence electrons. The zero-order chi connectivity index (χ0) is 20.4. The number of sulfone groups is 1. The van der Waals surface area contributed by atoms with Crippen molar-refractivity contribution in [2.24, 2.45) is 10.8 Å². The van der Waals surface area contributed by atoms with Crippen molar-refractivity contribution in [1.82, 2.24) is 0 Å². The monoisotopic (exact) mass is 406 g/mol. The fourth-order valence-electron chi connectivity index (χ4n) is 4.93. The van der Waals surface area contributed by atoms with Gasteiger partial charge in [0.2, 0.25) is 0 Å². The van der Waals surface area contributed by atoms with E-state index in [9.17, 15) is 31.7 Å². The van der Waals surface area contributed by atoms with Gasteiger partial charge in [0.25, 0.3) is 15.5 Å².